The maximum atomic E-state index is 12.3. The topological polar surface area (TPSA) is 85.1 Å². The second kappa shape index (κ2) is 5.60. The van der Waals surface area contributed by atoms with E-state index in [1.54, 1.807) is 25.1 Å². The minimum atomic E-state index is -3.59. The highest BCUT2D eigenvalue weighted by Crippen LogP contribution is 2.20. The second-order valence-electron chi connectivity index (χ2n) is 4.57. The lowest BCUT2D eigenvalue weighted by Crippen LogP contribution is -2.24. The van der Waals surface area contributed by atoms with Gasteiger partial charge in [-0.3, -0.25) is 4.98 Å². The van der Waals surface area contributed by atoms with Gasteiger partial charge >= 0.3 is 0 Å². The summed E-state index contributed by atoms with van der Waals surface area (Å²) >= 11 is 0. The van der Waals surface area contributed by atoms with E-state index in [0.29, 0.717) is 16.9 Å². The lowest BCUT2D eigenvalue weighted by molar-refractivity contribution is 0.580. The first-order chi connectivity index (χ1) is 9.40. The Bertz CT molecular complexity index is 727. The van der Waals surface area contributed by atoms with Crippen molar-refractivity contribution in [2.45, 2.75) is 25.3 Å². The Hall–Kier alpha value is -1.92. The molecule has 0 aliphatic rings. The van der Waals surface area contributed by atoms with Gasteiger partial charge in [0.15, 0.2) is 0 Å². The number of hydrogen-bond acceptors (Lipinski definition) is 4. The van der Waals surface area contributed by atoms with E-state index in [1.165, 1.54) is 6.07 Å². The summed E-state index contributed by atoms with van der Waals surface area (Å²) in [5, 5.41) is 0. The van der Waals surface area contributed by atoms with E-state index < -0.39 is 10.0 Å². The van der Waals surface area contributed by atoms with Crippen molar-refractivity contribution in [3.8, 4) is 0 Å². The fourth-order valence-corrected chi connectivity index (χ4v) is 3.14. The number of aryl methyl sites for hydroxylation is 1. The summed E-state index contributed by atoms with van der Waals surface area (Å²) in [5.41, 5.74) is 8.28. The van der Waals surface area contributed by atoms with Crippen LogP contribution in [0.2, 0.25) is 0 Å². The fourth-order valence-electron chi connectivity index (χ4n) is 1.87. The normalized spacial score (nSPS) is 11.5. The van der Waals surface area contributed by atoms with E-state index in [0.717, 1.165) is 5.69 Å². The average Bonchev–Trinajstić information content (AvgIpc) is 2.40. The van der Waals surface area contributed by atoms with Crippen molar-refractivity contribution in [3.63, 3.8) is 0 Å². The van der Waals surface area contributed by atoms with Gasteiger partial charge in [-0.05, 0) is 43.7 Å². The van der Waals surface area contributed by atoms with Crippen molar-refractivity contribution < 1.29 is 8.42 Å². The first-order valence-electron chi connectivity index (χ1n) is 6.17. The number of anilines is 1. The number of sulfonamides is 1. The van der Waals surface area contributed by atoms with Crippen molar-refractivity contribution in [2.75, 3.05) is 5.73 Å². The van der Waals surface area contributed by atoms with Crippen LogP contribution < -0.4 is 10.5 Å². The summed E-state index contributed by atoms with van der Waals surface area (Å²) < 4.78 is 27.1. The third-order valence-electron chi connectivity index (χ3n) is 3.00. The average molecular weight is 291 g/mol. The largest absolute Gasteiger partial charge is 0.398 e. The van der Waals surface area contributed by atoms with E-state index in [-0.39, 0.29) is 11.4 Å². The van der Waals surface area contributed by atoms with Gasteiger partial charge in [0.25, 0.3) is 0 Å². The van der Waals surface area contributed by atoms with Gasteiger partial charge < -0.3 is 5.73 Å². The summed E-state index contributed by atoms with van der Waals surface area (Å²) in [7, 11) is -3.59. The van der Waals surface area contributed by atoms with Crippen molar-refractivity contribution in [1.82, 2.24) is 9.71 Å². The lowest BCUT2D eigenvalue weighted by Gasteiger charge is -2.10. The van der Waals surface area contributed by atoms with Gasteiger partial charge in [0.2, 0.25) is 10.0 Å². The summed E-state index contributed by atoms with van der Waals surface area (Å²) in [6, 6.07) is 10.3. The molecule has 0 atom stereocenters. The van der Waals surface area contributed by atoms with E-state index in [4.69, 9.17) is 5.73 Å². The number of benzene rings is 1. The Balaban J connectivity index is 2.22. The second-order valence-corrected chi connectivity index (χ2v) is 6.30. The molecule has 5 nitrogen and oxygen atoms in total. The molecular weight excluding hydrogens is 274 g/mol. The summed E-state index contributed by atoms with van der Waals surface area (Å²) in [6.45, 7) is 3.70. The molecule has 0 amide bonds. The van der Waals surface area contributed by atoms with Crippen molar-refractivity contribution in [3.05, 3.63) is 53.3 Å². The van der Waals surface area contributed by atoms with Crippen LogP contribution in [0.4, 0.5) is 5.69 Å². The predicted octanol–water partition coefficient (Wildman–Crippen LogP) is 1.76. The fraction of sp³-hybridized carbons (Fsp3) is 0.214. The van der Waals surface area contributed by atoms with Crippen molar-refractivity contribution >= 4 is 15.7 Å². The van der Waals surface area contributed by atoms with Gasteiger partial charge in [-0.1, -0.05) is 12.1 Å². The van der Waals surface area contributed by atoms with Crippen molar-refractivity contribution in [1.29, 1.82) is 0 Å². The van der Waals surface area contributed by atoms with Crippen LogP contribution in [0.25, 0.3) is 0 Å². The number of pyridine rings is 1. The quantitative estimate of drug-likeness (QED) is 0.841. The Morgan fingerprint density at radius 3 is 2.55 bits per heavy atom. The Morgan fingerprint density at radius 1 is 1.15 bits per heavy atom. The maximum absolute atomic E-state index is 12.3. The molecule has 0 unspecified atom stereocenters. The highest BCUT2D eigenvalue weighted by molar-refractivity contribution is 7.89. The monoisotopic (exact) mass is 291 g/mol. The molecule has 2 rings (SSSR count). The number of hydrogen-bond donors (Lipinski definition) is 2. The summed E-state index contributed by atoms with van der Waals surface area (Å²) in [6.07, 6.45) is 0. The molecule has 0 saturated carbocycles. The molecule has 0 radical (unpaired) electrons. The van der Waals surface area contributed by atoms with Crippen LogP contribution in [-0.2, 0) is 16.6 Å². The molecule has 0 saturated heterocycles. The maximum Gasteiger partial charge on any atom is 0.241 e. The zero-order valence-electron chi connectivity index (χ0n) is 11.4. The van der Waals surface area contributed by atoms with Crippen LogP contribution in [-0.4, -0.2) is 13.4 Å². The van der Waals surface area contributed by atoms with Gasteiger partial charge in [-0.15, -0.1) is 0 Å². The number of nitrogen functional groups attached to an aromatic ring is 1. The molecule has 0 bridgehead atoms. The molecule has 1 heterocycles. The predicted molar refractivity (Wildman–Crippen MR) is 78.6 cm³/mol. The van der Waals surface area contributed by atoms with Gasteiger partial charge in [0, 0.05) is 11.4 Å². The number of nitrogens with one attached hydrogen (secondary N) is 1. The number of nitrogens with two attached hydrogens (primary N) is 1. The smallest absolute Gasteiger partial charge is 0.241 e. The summed E-state index contributed by atoms with van der Waals surface area (Å²) in [5.74, 6) is 0. The molecule has 106 valence electrons. The van der Waals surface area contributed by atoms with Gasteiger partial charge in [0.1, 0.15) is 0 Å². The highest BCUT2D eigenvalue weighted by atomic mass is 32.2. The molecule has 2 aromatic rings. The molecule has 1 aromatic carbocycles. The third-order valence-corrected chi connectivity index (χ3v) is 4.55. The third kappa shape index (κ3) is 3.15. The molecular formula is C14H17N3O2S. The van der Waals surface area contributed by atoms with Gasteiger partial charge in [-0.2, -0.15) is 0 Å². The van der Waals surface area contributed by atoms with Gasteiger partial charge in [0.05, 0.1) is 17.1 Å². The highest BCUT2D eigenvalue weighted by Gasteiger charge is 2.17. The standard InChI is InChI=1S/C14H17N3O2S/c1-10-5-3-6-12(17-10)9-16-20(18,19)14-8-4-7-13(15)11(14)2/h3-8,16H,9,15H2,1-2H3. The minimum absolute atomic E-state index is 0.151. The molecule has 3 N–H and O–H groups in total. The Kier molecular flexibility index (Phi) is 4.06. The molecule has 0 fully saturated rings. The van der Waals surface area contributed by atoms with Crippen LogP contribution in [0.15, 0.2) is 41.3 Å². The molecule has 0 aliphatic heterocycles. The number of aromatic nitrogens is 1. The summed E-state index contributed by atoms with van der Waals surface area (Å²) in [4.78, 5) is 4.46. The van der Waals surface area contributed by atoms with E-state index >= 15 is 0 Å². The minimum Gasteiger partial charge on any atom is -0.398 e. The first kappa shape index (κ1) is 14.5. The van der Waals surface area contributed by atoms with E-state index in [1.807, 2.05) is 19.1 Å². The first-order valence-corrected chi connectivity index (χ1v) is 7.66. The van der Waals surface area contributed by atoms with E-state index in [2.05, 4.69) is 9.71 Å². The van der Waals surface area contributed by atoms with Crippen LogP contribution in [0.5, 0.6) is 0 Å². The van der Waals surface area contributed by atoms with Crippen LogP contribution in [0, 0.1) is 13.8 Å². The molecule has 0 spiro atoms. The zero-order chi connectivity index (χ0) is 14.8. The van der Waals surface area contributed by atoms with E-state index in [9.17, 15) is 8.42 Å². The Labute approximate surface area is 118 Å². The molecule has 0 aliphatic carbocycles. The van der Waals surface area contributed by atoms with Crippen LogP contribution in [0.3, 0.4) is 0 Å². The lowest BCUT2D eigenvalue weighted by atomic mass is 10.2. The number of rotatable bonds is 4. The molecule has 6 heteroatoms. The SMILES string of the molecule is Cc1cccc(CNS(=O)(=O)c2cccc(N)c2C)n1. The molecule has 20 heavy (non-hydrogen) atoms. The Morgan fingerprint density at radius 2 is 1.85 bits per heavy atom. The van der Waals surface area contributed by atoms with Gasteiger partial charge in [-0.25, -0.2) is 13.1 Å². The van der Waals surface area contributed by atoms with Crippen molar-refractivity contribution in [2.24, 2.45) is 0 Å². The van der Waals surface area contributed by atoms with Crippen LogP contribution in [0.1, 0.15) is 17.0 Å². The van der Waals surface area contributed by atoms with Crippen LogP contribution >= 0.6 is 0 Å². The number of nitrogens with zero attached hydrogens (tertiary/aromatic N) is 1. The molecule has 1 aromatic heterocycles. The zero-order valence-corrected chi connectivity index (χ0v) is 12.2.